The normalized spacial score (nSPS) is 16.3. The summed E-state index contributed by atoms with van der Waals surface area (Å²) in [6, 6.07) is 11.6. The van der Waals surface area contributed by atoms with Gasteiger partial charge in [0.25, 0.3) is 0 Å². The summed E-state index contributed by atoms with van der Waals surface area (Å²) < 4.78 is 44.4. The Balaban J connectivity index is 1.92. The standard InChI is InChI=1S/C20H26N2O5S/c1-20(2)11-15-9-18(21-28(23,24)25)19(27-4)10-16(15)13-22(20)12-14-6-5-7-17(8-14)26-3/h5-10,21H,11-13H2,1-4H3,(H,23,24,25). The van der Waals surface area contributed by atoms with Crippen molar-refractivity contribution in [1.29, 1.82) is 0 Å². The van der Waals surface area contributed by atoms with E-state index in [2.05, 4.69) is 29.5 Å². The van der Waals surface area contributed by atoms with E-state index in [1.165, 1.54) is 7.11 Å². The van der Waals surface area contributed by atoms with Gasteiger partial charge in [-0.3, -0.25) is 14.2 Å². The Hall–Kier alpha value is -2.29. The number of methoxy groups -OCH3 is 2. The summed E-state index contributed by atoms with van der Waals surface area (Å²) in [5, 5.41) is 0. The molecule has 0 amide bonds. The van der Waals surface area contributed by atoms with Gasteiger partial charge in [0, 0.05) is 18.6 Å². The SMILES string of the molecule is COc1cccc(CN2Cc3cc(OC)c(NS(=O)(=O)O)cc3CC2(C)C)c1. The molecule has 0 aromatic heterocycles. The molecule has 7 nitrogen and oxygen atoms in total. The molecular weight excluding hydrogens is 380 g/mol. The molecule has 8 heteroatoms. The second-order valence-corrected chi connectivity index (χ2v) is 8.75. The minimum absolute atomic E-state index is 0.139. The largest absolute Gasteiger partial charge is 0.497 e. The molecule has 3 rings (SSSR count). The minimum Gasteiger partial charge on any atom is -0.497 e. The van der Waals surface area contributed by atoms with Crippen LogP contribution in [0.4, 0.5) is 5.69 Å². The van der Waals surface area contributed by atoms with Crippen LogP contribution >= 0.6 is 0 Å². The van der Waals surface area contributed by atoms with Gasteiger partial charge >= 0.3 is 10.3 Å². The minimum atomic E-state index is -4.38. The number of nitrogens with zero attached hydrogens (tertiary/aromatic N) is 1. The molecule has 2 N–H and O–H groups in total. The van der Waals surface area contributed by atoms with E-state index >= 15 is 0 Å². The monoisotopic (exact) mass is 406 g/mol. The van der Waals surface area contributed by atoms with E-state index in [9.17, 15) is 8.42 Å². The van der Waals surface area contributed by atoms with E-state index in [1.807, 2.05) is 24.3 Å². The van der Waals surface area contributed by atoms with Gasteiger partial charge in [-0.1, -0.05) is 12.1 Å². The number of hydrogen-bond donors (Lipinski definition) is 2. The molecule has 0 bridgehead atoms. The molecule has 0 aliphatic carbocycles. The van der Waals surface area contributed by atoms with Crippen molar-refractivity contribution in [2.24, 2.45) is 0 Å². The van der Waals surface area contributed by atoms with Crippen molar-refractivity contribution in [3.05, 3.63) is 53.1 Å². The molecule has 0 fully saturated rings. The zero-order valence-electron chi connectivity index (χ0n) is 16.5. The zero-order valence-corrected chi connectivity index (χ0v) is 17.3. The zero-order chi connectivity index (χ0) is 20.5. The summed E-state index contributed by atoms with van der Waals surface area (Å²) in [7, 11) is -1.25. The molecule has 152 valence electrons. The van der Waals surface area contributed by atoms with Crippen LogP contribution in [0.5, 0.6) is 11.5 Å². The van der Waals surface area contributed by atoms with E-state index in [1.54, 1.807) is 13.2 Å². The van der Waals surface area contributed by atoms with Crippen molar-refractivity contribution >= 4 is 16.0 Å². The van der Waals surface area contributed by atoms with Gasteiger partial charge < -0.3 is 9.47 Å². The molecule has 0 saturated heterocycles. The summed E-state index contributed by atoms with van der Waals surface area (Å²) in [6.45, 7) is 5.78. The molecule has 1 heterocycles. The van der Waals surface area contributed by atoms with Crippen LogP contribution in [0.15, 0.2) is 36.4 Å². The van der Waals surface area contributed by atoms with Crippen molar-refractivity contribution in [1.82, 2.24) is 4.90 Å². The molecule has 2 aromatic rings. The summed E-state index contributed by atoms with van der Waals surface area (Å²) >= 11 is 0. The fourth-order valence-corrected chi connectivity index (χ4v) is 4.06. The Morgan fingerprint density at radius 2 is 1.89 bits per heavy atom. The Bertz CT molecular complexity index is 973. The first kappa shape index (κ1) is 20.4. The van der Waals surface area contributed by atoms with Crippen molar-refractivity contribution < 1.29 is 22.4 Å². The van der Waals surface area contributed by atoms with Gasteiger partial charge in [-0.2, -0.15) is 8.42 Å². The van der Waals surface area contributed by atoms with Gasteiger partial charge in [0.2, 0.25) is 0 Å². The van der Waals surface area contributed by atoms with Gasteiger partial charge in [-0.25, -0.2) is 0 Å². The molecule has 0 atom stereocenters. The second kappa shape index (κ2) is 7.62. The number of rotatable bonds is 6. The highest BCUT2D eigenvalue weighted by Gasteiger charge is 2.33. The molecule has 0 unspecified atom stereocenters. The number of anilines is 1. The molecule has 28 heavy (non-hydrogen) atoms. The Labute approximate surface area is 166 Å². The third-order valence-electron chi connectivity index (χ3n) is 5.11. The fourth-order valence-electron chi connectivity index (χ4n) is 3.62. The molecule has 2 aromatic carbocycles. The number of hydrogen-bond acceptors (Lipinski definition) is 5. The Morgan fingerprint density at radius 1 is 1.14 bits per heavy atom. The van der Waals surface area contributed by atoms with Crippen molar-refractivity contribution in [2.45, 2.75) is 38.9 Å². The van der Waals surface area contributed by atoms with Crippen LogP contribution in [0.3, 0.4) is 0 Å². The lowest BCUT2D eigenvalue weighted by Gasteiger charge is -2.43. The predicted octanol–water partition coefficient (Wildman–Crippen LogP) is 3.26. The highest BCUT2D eigenvalue weighted by molar-refractivity contribution is 7.87. The van der Waals surface area contributed by atoms with Crippen LogP contribution in [0.2, 0.25) is 0 Å². The predicted molar refractivity (Wildman–Crippen MR) is 108 cm³/mol. The topological polar surface area (TPSA) is 88.1 Å². The van der Waals surface area contributed by atoms with Gasteiger partial charge in [0.1, 0.15) is 11.5 Å². The quantitative estimate of drug-likeness (QED) is 0.716. The molecule has 0 spiro atoms. The first-order valence-electron chi connectivity index (χ1n) is 8.94. The average Bonchev–Trinajstić information content (AvgIpc) is 2.60. The summed E-state index contributed by atoms with van der Waals surface area (Å²) in [4.78, 5) is 2.37. The molecule has 1 aliphatic heterocycles. The molecule has 1 aliphatic rings. The summed E-state index contributed by atoms with van der Waals surface area (Å²) in [6.07, 6.45) is 0.733. The lowest BCUT2D eigenvalue weighted by molar-refractivity contribution is 0.0888. The van der Waals surface area contributed by atoms with Crippen molar-refractivity contribution in [2.75, 3.05) is 18.9 Å². The maximum absolute atomic E-state index is 11.2. The van der Waals surface area contributed by atoms with E-state index in [4.69, 9.17) is 14.0 Å². The van der Waals surface area contributed by atoms with Crippen molar-refractivity contribution in [3.63, 3.8) is 0 Å². The summed E-state index contributed by atoms with van der Waals surface area (Å²) in [5.41, 5.74) is 3.35. The van der Waals surface area contributed by atoms with Crippen LogP contribution in [0, 0.1) is 0 Å². The first-order chi connectivity index (χ1) is 13.1. The average molecular weight is 407 g/mol. The van der Waals surface area contributed by atoms with E-state index < -0.39 is 10.3 Å². The number of benzene rings is 2. The number of fused-ring (bicyclic) bond motifs is 1. The third kappa shape index (κ3) is 4.57. The van der Waals surface area contributed by atoms with Crippen LogP contribution in [-0.2, 0) is 29.8 Å². The van der Waals surface area contributed by atoms with Crippen LogP contribution in [-0.4, -0.2) is 37.6 Å². The van der Waals surface area contributed by atoms with E-state index in [-0.39, 0.29) is 11.2 Å². The van der Waals surface area contributed by atoms with E-state index in [0.29, 0.717) is 12.3 Å². The summed E-state index contributed by atoms with van der Waals surface area (Å²) in [5.74, 6) is 1.20. The van der Waals surface area contributed by atoms with Gasteiger partial charge in [0.05, 0.1) is 19.9 Å². The first-order valence-corrected chi connectivity index (χ1v) is 10.4. The fraction of sp³-hybridized carbons (Fsp3) is 0.400. The van der Waals surface area contributed by atoms with Crippen LogP contribution in [0.25, 0.3) is 0 Å². The van der Waals surface area contributed by atoms with Crippen LogP contribution in [0.1, 0.15) is 30.5 Å². The highest BCUT2D eigenvalue weighted by Crippen LogP contribution is 2.37. The Kier molecular flexibility index (Phi) is 5.56. The smallest absolute Gasteiger partial charge is 0.357 e. The van der Waals surface area contributed by atoms with Gasteiger partial charge in [0.15, 0.2) is 0 Å². The molecule has 0 radical (unpaired) electrons. The molecular formula is C20H26N2O5S. The second-order valence-electron chi connectivity index (χ2n) is 7.60. The number of ether oxygens (including phenoxy) is 2. The number of nitrogens with one attached hydrogen (secondary N) is 1. The third-order valence-corrected chi connectivity index (χ3v) is 5.59. The van der Waals surface area contributed by atoms with Gasteiger partial charge in [-0.15, -0.1) is 0 Å². The van der Waals surface area contributed by atoms with Crippen LogP contribution < -0.4 is 14.2 Å². The lowest BCUT2D eigenvalue weighted by Crippen LogP contribution is -2.47. The van der Waals surface area contributed by atoms with E-state index in [0.717, 1.165) is 35.4 Å². The van der Waals surface area contributed by atoms with Gasteiger partial charge in [-0.05, 0) is 61.2 Å². The maximum atomic E-state index is 11.2. The maximum Gasteiger partial charge on any atom is 0.357 e. The lowest BCUT2D eigenvalue weighted by atomic mass is 9.84. The Morgan fingerprint density at radius 3 is 2.54 bits per heavy atom. The molecule has 0 saturated carbocycles. The highest BCUT2D eigenvalue weighted by atomic mass is 32.2. The van der Waals surface area contributed by atoms with Crippen molar-refractivity contribution in [3.8, 4) is 11.5 Å².